The number of esters is 1. The molecule has 0 fully saturated rings. The maximum Gasteiger partial charge on any atom is 0.305 e. The molecule has 41 heavy (non-hydrogen) atoms. The highest BCUT2D eigenvalue weighted by Gasteiger charge is 2.22. The van der Waals surface area contributed by atoms with Crippen LogP contribution >= 0.6 is 0 Å². The fourth-order valence-corrected chi connectivity index (χ4v) is 4.50. The van der Waals surface area contributed by atoms with Gasteiger partial charge in [0.25, 0.3) is 11.8 Å². The molecule has 0 saturated carbocycles. The summed E-state index contributed by atoms with van der Waals surface area (Å²) in [4.78, 5) is 35.7. The zero-order valence-electron chi connectivity index (χ0n) is 25.8. The molecule has 0 aliphatic carbocycles. The Morgan fingerprint density at radius 2 is 0.902 bits per heavy atom. The Kier molecular flexibility index (Phi) is 25.7. The zero-order valence-corrected chi connectivity index (χ0v) is 25.8. The van der Waals surface area contributed by atoms with Crippen LogP contribution in [0.25, 0.3) is 0 Å². The van der Waals surface area contributed by atoms with E-state index in [0.29, 0.717) is 52.7 Å². The first-order valence-corrected chi connectivity index (χ1v) is 16.1. The second-order valence-electron chi connectivity index (χ2n) is 10.5. The average molecular weight is 584 g/mol. The summed E-state index contributed by atoms with van der Waals surface area (Å²) in [5, 5.41) is 0. The Hall–Kier alpha value is -1.81. The Balaban J connectivity index is 1.69. The Labute approximate surface area is 248 Å². The third kappa shape index (κ3) is 23.4. The maximum atomic E-state index is 11.8. The van der Waals surface area contributed by atoms with Crippen LogP contribution in [0.4, 0.5) is 0 Å². The molecule has 0 N–H and O–H groups in total. The normalized spacial score (nSPS) is 13.0. The van der Waals surface area contributed by atoms with Crippen molar-refractivity contribution in [2.75, 3.05) is 66.0 Å². The van der Waals surface area contributed by atoms with E-state index in [-0.39, 0.29) is 37.5 Å². The topological polar surface area (TPSA) is 101 Å². The minimum Gasteiger partial charge on any atom is -0.463 e. The van der Waals surface area contributed by atoms with Gasteiger partial charge in [-0.25, -0.2) is 0 Å². The van der Waals surface area contributed by atoms with E-state index in [9.17, 15) is 14.4 Å². The van der Waals surface area contributed by atoms with Crippen LogP contribution < -0.4 is 0 Å². The number of amides is 2. The van der Waals surface area contributed by atoms with Crippen molar-refractivity contribution in [2.45, 2.75) is 110 Å². The summed E-state index contributed by atoms with van der Waals surface area (Å²) >= 11 is 0. The van der Waals surface area contributed by atoms with E-state index in [0.717, 1.165) is 17.7 Å². The van der Waals surface area contributed by atoms with Crippen LogP contribution in [0.15, 0.2) is 12.2 Å². The molecule has 0 radical (unpaired) electrons. The van der Waals surface area contributed by atoms with Crippen molar-refractivity contribution in [2.24, 2.45) is 0 Å². The largest absolute Gasteiger partial charge is 0.463 e. The van der Waals surface area contributed by atoms with Crippen molar-refractivity contribution in [3.63, 3.8) is 0 Å². The van der Waals surface area contributed by atoms with Crippen molar-refractivity contribution in [3.8, 4) is 0 Å². The summed E-state index contributed by atoms with van der Waals surface area (Å²) in [6, 6.07) is 0. The zero-order chi connectivity index (χ0) is 29.6. The molecule has 0 spiro atoms. The molecule has 1 aliphatic heterocycles. The molecular weight excluding hydrogens is 526 g/mol. The monoisotopic (exact) mass is 583 g/mol. The van der Waals surface area contributed by atoms with Crippen molar-refractivity contribution >= 4 is 17.8 Å². The second-order valence-corrected chi connectivity index (χ2v) is 10.5. The molecular formula is C32H57NO8. The lowest BCUT2D eigenvalue weighted by Gasteiger charge is -2.13. The van der Waals surface area contributed by atoms with Crippen LogP contribution in [-0.4, -0.2) is 88.7 Å². The third-order valence-corrected chi connectivity index (χ3v) is 6.95. The quantitative estimate of drug-likeness (QED) is 0.0575. The van der Waals surface area contributed by atoms with E-state index in [4.69, 9.17) is 23.7 Å². The summed E-state index contributed by atoms with van der Waals surface area (Å²) in [6.45, 7) is 5.98. The van der Waals surface area contributed by atoms with Crippen LogP contribution in [0.2, 0.25) is 0 Å². The number of unbranched alkanes of at least 4 members (excludes halogenated alkanes) is 14. The lowest BCUT2D eigenvalue weighted by Crippen LogP contribution is -2.33. The van der Waals surface area contributed by atoms with Crippen LogP contribution in [-0.2, 0) is 38.1 Å². The van der Waals surface area contributed by atoms with Crippen LogP contribution in [0.3, 0.4) is 0 Å². The van der Waals surface area contributed by atoms with Crippen molar-refractivity contribution in [1.82, 2.24) is 4.90 Å². The van der Waals surface area contributed by atoms with Gasteiger partial charge in [0.15, 0.2) is 0 Å². The first kappa shape index (κ1) is 37.2. The molecule has 0 atom stereocenters. The number of carbonyl (C=O) groups is 3. The molecule has 0 aromatic heterocycles. The fraction of sp³-hybridized carbons (Fsp3) is 0.844. The molecule has 238 valence electrons. The minimum atomic E-state index is -0.303. The molecule has 0 aromatic carbocycles. The van der Waals surface area contributed by atoms with Crippen LogP contribution in [0.5, 0.6) is 0 Å². The molecule has 0 unspecified atom stereocenters. The van der Waals surface area contributed by atoms with Gasteiger partial charge in [0.1, 0.15) is 6.61 Å². The second kappa shape index (κ2) is 28.3. The number of nitrogens with zero attached hydrogens (tertiary/aromatic N) is 1. The molecule has 1 heterocycles. The van der Waals surface area contributed by atoms with E-state index in [2.05, 4.69) is 6.92 Å². The number of hydrogen-bond acceptors (Lipinski definition) is 8. The van der Waals surface area contributed by atoms with Crippen LogP contribution in [0.1, 0.15) is 110 Å². The van der Waals surface area contributed by atoms with Gasteiger partial charge in [-0.15, -0.1) is 0 Å². The summed E-state index contributed by atoms with van der Waals surface area (Å²) in [5.74, 6) is -0.749. The van der Waals surface area contributed by atoms with Gasteiger partial charge < -0.3 is 23.7 Å². The molecule has 0 bridgehead atoms. The van der Waals surface area contributed by atoms with E-state index in [1.165, 1.54) is 95.6 Å². The summed E-state index contributed by atoms with van der Waals surface area (Å²) < 4.78 is 26.8. The van der Waals surface area contributed by atoms with Gasteiger partial charge in [-0.1, -0.05) is 96.8 Å². The lowest BCUT2D eigenvalue weighted by molar-refractivity contribution is -0.145. The van der Waals surface area contributed by atoms with Crippen molar-refractivity contribution in [3.05, 3.63) is 12.2 Å². The highest BCUT2D eigenvalue weighted by atomic mass is 16.6. The molecule has 1 rings (SSSR count). The average Bonchev–Trinajstić information content (AvgIpc) is 3.29. The van der Waals surface area contributed by atoms with Gasteiger partial charge >= 0.3 is 5.97 Å². The molecule has 9 heteroatoms. The number of carbonyl (C=O) groups excluding carboxylic acids is 3. The Bertz CT molecular complexity index is 667. The Morgan fingerprint density at radius 3 is 1.34 bits per heavy atom. The van der Waals surface area contributed by atoms with Crippen molar-refractivity contribution in [1.29, 1.82) is 0 Å². The van der Waals surface area contributed by atoms with E-state index in [1.807, 2.05) is 0 Å². The summed E-state index contributed by atoms with van der Waals surface area (Å²) in [5.41, 5.74) is 0. The third-order valence-electron chi connectivity index (χ3n) is 6.95. The van der Waals surface area contributed by atoms with E-state index in [1.54, 1.807) is 0 Å². The minimum absolute atomic E-state index is 0.143. The van der Waals surface area contributed by atoms with E-state index >= 15 is 0 Å². The molecule has 2 amide bonds. The molecule has 0 aromatic rings. The SMILES string of the molecule is CCCCCCCCCCCCCCCCCC(=O)OCCOCCOCCOCCOCCN1C(=O)C=CC1=O. The summed E-state index contributed by atoms with van der Waals surface area (Å²) in [6.07, 6.45) is 22.7. The highest BCUT2D eigenvalue weighted by Crippen LogP contribution is 2.13. The van der Waals surface area contributed by atoms with Gasteiger partial charge in [-0.3, -0.25) is 19.3 Å². The first-order chi connectivity index (χ1) is 20.1. The predicted octanol–water partition coefficient (Wildman–Crippen LogP) is 5.78. The number of hydrogen-bond donors (Lipinski definition) is 0. The van der Waals surface area contributed by atoms with Crippen LogP contribution in [0, 0.1) is 0 Å². The lowest BCUT2D eigenvalue weighted by atomic mass is 10.0. The highest BCUT2D eigenvalue weighted by molar-refractivity contribution is 6.12. The van der Waals surface area contributed by atoms with Gasteiger partial charge in [-0.2, -0.15) is 0 Å². The van der Waals surface area contributed by atoms with Gasteiger partial charge in [0, 0.05) is 18.6 Å². The summed E-state index contributed by atoms with van der Waals surface area (Å²) in [7, 11) is 0. The molecule has 0 saturated heterocycles. The molecule has 9 nitrogen and oxygen atoms in total. The fourth-order valence-electron chi connectivity index (χ4n) is 4.50. The standard InChI is InChI=1S/C32H57NO8/c1-2-3-4-5-6-7-8-9-10-11-12-13-14-15-16-17-32(36)41-29-28-40-27-26-39-25-24-38-23-22-37-21-20-33-30(34)18-19-31(33)35/h18-19H,2-17,20-29H2,1H3. The maximum absolute atomic E-state index is 11.8. The Morgan fingerprint density at radius 1 is 0.537 bits per heavy atom. The van der Waals surface area contributed by atoms with E-state index < -0.39 is 0 Å². The van der Waals surface area contributed by atoms with Crippen molar-refractivity contribution < 1.29 is 38.1 Å². The van der Waals surface area contributed by atoms with Gasteiger partial charge in [-0.05, 0) is 6.42 Å². The number of imide groups is 1. The molecule has 1 aliphatic rings. The number of rotatable bonds is 31. The predicted molar refractivity (Wildman–Crippen MR) is 160 cm³/mol. The van der Waals surface area contributed by atoms with Gasteiger partial charge in [0.2, 0.25) is 0 Å². The number of ether oxygens (including phenoxy) is 5. The smallest absolute Gasteiger partial charge is 0.305 e. The first-order valence-electron chi connectivity index (χ1n) is 16.1. The van der Waals surface area contributed by atoms with Gasteiger partial charge in [0.05, 0.1) is 59.4 Å².